The van der Waals surface area contributed by atoms with Crippen LogP contribution in [0.4, 0.5) is 0 Å². The lowest BCUT2D eigenvalue weighted by molar-refractivity contribution is -0.147. The molecule has 0 unspecified atom stereocenters. The summed E-state index contributed by atoms with van der Waals surface area (Å²) in [7, 11) is 1.46. The number of hydrogen-bond donors (Lipinski definition) is 1. The van der Waals surface area contributed by atoms with E-state index in [0.29, 0.717) is 10.2 Å². The molecular weight excluding hydrogens is 288 g/mol. The van der Waals surface area contributed by atoms with Crippen LogP contribution < -0.4 is 0 Å². The largest absolute Gasteiger partial charge is 0.480 e. The van der Waals surface area contributed by atoms with Crippen molar-refractivity contribution >= 4 is 27.8 Å². The molecule has 0 fully saturated rings. The number of halogens is 1. The summed E-state index contributed by atoms with van der Waals surface area (Å²) in [5.41, 5.74) is -0.865. The van der Waals surface area contributed by atoms with Gasteiger partial charge in [0.25, 0.3) is 5.91 Å². The number of aliphatic carboxylic acids is 1. The molecule has 0 aliphatic rings. The van der Waals surface area contributed by atoms with E-state index in [1.807, 2.05) is 0 Å². The van der Waals surface area contributed by atoms with E-state index < -0.39 is 11.5 Å². The molecule has 6 heteroatoms. The Morgan fingerprint density at radius 3 is 2.53 bits per heavy atom. The highest BCUT2D eigenvalue weighted by Gasteiger charge is 2.35. The third kappa shape index (κ3) is 2.82. The fourth-order valence-electron chi connectivity index (χ4n) is 1.13. The third-order valence-corrected chi connectivity index (χ3v) is 3.07. The molecule has 0 spiro atoms. The number of pyridine rings is 1. The molecule has 0 aliphatic carbocycles. The average Bonchev–Trinajstić information content (AvgIpc) is 2.26. The van der Waals surface area contributed by atoms with Gasteiger partial charge in [0.1, 0.15) is 10.1 Å². The highest BCUT2D eigenvalue weighted by molar-refractivity contribution is 9.10. The molecule has 0 aromatic carbocycles. The number of carboxylic acids is 1. The van der Waals surface area contributed by atoms with Crippen molar-refractivity contribution in [2.24, 2.45) is 0 Å². The van der Waals surface area contributed by atoms with Gasteiger partial charge < -0.3 is 10.0 Å². The second-order valence-electron chi connectivity index (χ2n) is 4.10. The van der Waals surface area contributed by atoms with Gasteiger partial charge in [-0.1, -0.05) is 0 Å². The molecule has 0 atom stereocenters. The van der Waals surface area contributed by atoms with Gasteiger partial charge in [-0.3, -0.25) is 4.79 Å². The first-order valence-electron chi connectivity index (χ1n) is 4.90. The van der Waals surface area contributed by atoms with Crippen molar-refractivity contribution in [3.8, 4) is 0 Å². The van der Waals surface area contributed by atoms with Gasteiger partial charge in [-0.15, -0.1) is 0 Å². The minimum atomic E-state index is -1.26. The van der Waals surface area contributed by atoms with Gasteiger partial charge in [-0.25, -0.2) is 9.78 Å². The fraction of sp³-hybridized carbons (Fsp3) is 0.364. The summed E-state index contributed by atoms with van der Waals surface area (Å²) < 4.78 is 0.532. The van der Waals surface area contributed by atoms with Gasteiger partial charge in [0.2, 0.25) is 0 Å². The molecule has 17 heavy (non-hydrogen) atoms. The van der Waals surface area contributed by atoms with E-state index in [0.717, 1.165) is 0 Å². The fourth-order valence-corrected chi connectivity index (χ4v) is 1.49. The quantitative estimate of drug-likeness (QED) is 0.864. The lowest BCUT2D eigenvalue weighted by Crippen LogP contribution is -2.50. The van der Waals surface area contributed by atoms with Gasteiger partial charge >= 0.3 is 5.97 Å². The van der Waals surface area contributed by atoms with Crippen LogP contribution in [0, 0.1) is 0 Å². The van der Waals surface area contributed by atoms with E-state index in [9.17, 15) is 9.59 Å². The van der Waals surface area contributed by atoms with Crippen LogP contribution >= 0.6 is 15.9 Å². The second-order valence-corrected chi connectivity index (χ2v) is 4.91. The summed E-state index contributed by atoms with van der Waals surface area (Å²) in [4.78, 5) is 28.2. The molecule has 1 N–H and O–H groups in total. The molecule has 1 amide bonds. The first kappa shape index (κ1) is 13.6. The molecule has 0 bridgehead atoms. The van der Waals surface area contributed by atoms with Crippen molar-refractivity contribution in [3.05, 3.63) is 28.5 Å². The molecule has 0 saturated carbocycles. The third-order valence-electron chi connectivity index (χ3n) is 2.64. The zero-order valence-corrected chi connectivity index (χ0v) is 11.4. The molecule has 5 nitrogen and oxygen atoms in total. The van der Waals surface area contributed by atoms with Crippen molar-refractivity contribution < 1.29 is 14.7 Å². The maximum atomic E-state index is 12.1. The maximum Gasteiger partial charge on any atom is 0.329 e. The minimum absolute atomic E-state index is 0.361. The highest BCUT2D eigenvalue weighted by atomic mass is 79.9. The molecule has 0 radical (unpaired) electrons. The first-order valence-corrected chi connectivity index (χ1v) is 5.69. The van der Waals surface area contributed by atoms with E-state index in [2.05, 4.69) is 20.9 Å². The van der Waals surface area contributed by atoms with Crippen molar-refractivity contribution in [1.82, 2.24) is 9.88 Å². The van der Waals surface area contributed by atoms with Crippen molar-refractivity contribution in [1.29, 1.82) is 0 Å². The smallest absolute Gasteiger partial charge is 0.329 e. The Labute approximate surface area is 108 Å². The number of carbonyl (C=O) groups is 2. The van der Waals surface area contributed by atoms with Gasteiger partial charge in [0, 0.05) is 18.8 Å². The average molecular weight is 301 g/mol. The Morgan fingerprint density at radius 2 is 2.06 bits per heavy atom. The first-order chi connectivity index (χ1) is 7.76. The van der Waals surface area contributed by atoms with Gasteiger partial charge in [-0.2, -0.15) is 0 Å². The van der Waals surface area contributed by atoms with Crippen molar-refractivity contribution in [2.45, 2.75) is 19.4 Å². The lowest BCUT2D eigenvalue weighted by Gasteiger charge is -2.31. The highest BCUT2D eigenvalue weighted by Crippen LogP contribution is 2.17. The minimum Gasteiger partial charge on any atom is -0.480 e. The Hall–Kier alpha value is -1.43. The second kappa shape index (κ2) is 4.83. The molecule has 0 saturated heterocycles. The van der Waals surface area contributed by atoms with Crippen LogP contribution in [-0.2, 0) is 4.79 Å². The van der Waals surface area contributed by atoms with Gasteiger partial charge in [-0.05, 0) is 41.9 Å². The Kier molecular flexibility index (Phi) is 3.87. The number of amides is 1. The zero-order valence-electron chi connectivity index (χ0n) is 9.77. The Morgan fingerprint density at radius 1 is 1.47 bits per heavy atom. The van der Waals surface area contributed by atoms with Crippen molar-refractivity contribution in [3.63, 3.8) is 0 Å². The molecule has 0 aliphatic heterocycles. The normalized spacial score (nSPS) is 11.1. The lowest BCUT2D eigenvalue weighted by atomic mass is 10.0. The summed E-state index contributed by atoms with van der Waals surface area (Å²) in [5.74, 6) is -1.41. The van der Waals surface area contributed by atoms with E-state index in [1.165, 1.54) is 32.0 Å². The maximum absolute atomic E-state index is 12.1. The molecule has 1 rings (SSSR count). The molecular formula is C11H13BrN2O3. The predicted octanol–water partition coefficient (Wildman–Crippen LogP) is 1.78. The molecule has 1 heterocycles. The van der Waals surface area contributed by atoms with Crippen LogP contribution in [0.1, 0.15) is 24.2 Å². The summed E-state index contributed by atoms with van der Waals surface area (Å²) in [6.45, 7) is 2.95. The number of rotatable bonds is 3. The van der Waals surface area contributed by atoms with Crippen LogP contribution in [-0.4, -0.2) is 39.5 Å². The van der Waals surface area contributed by atoms with E-state index in [1.54, 1.807) is 12.1 Å². The zero-order chi connectivity index (χ0) is 13.2. The predicted molar refractivity (Wildman–Crippen MR) is 65.7 cm³/mol. The van der Waals surface area contributed by atoms with Crippen LogP contribution in [0.2, 0.25) is 0 Å². The summed E-state index contributed by atoms with van der Waals surface area (Å²) >= 11 is 3.16. The topological polar surface area (TPSA) is 70.5 Å². The Balaban J connectivity index is 3.02. The van der Waals surface area contributed by atoms with Crippen LogP contribution in [0.15, 0.2) is 22.9 Å². The standard InChI is InChI=1S/C11H13BrN2O3/c1-11(2,10(16)17)14(3)9(15)7-4-5-13-8(12)6-7/h4-6H,1-3H3,(H,16,17). The molecule has 1 aromatic heterocycles. The summed E-state index contributed by atoms with van der Waals surface area (Å²) in [6, 6.07) is 3.10. The number of likely N-dealkylation sites (N-methyl/N-ethyl adjacent to an activating group) is 1. The number of carboxylic acid groups (broad SMARTS) is 1. The number of carbonyl (C=O) groups excluding carboxylic acids is 1. The van der Waals surface area contributed by atoms with Crippen LogP contribution in [0.25, 0.3) is 0 Å². The van der Waals surface area contributed by atoms with E-state index in [-0.39, 0.29) is 5.91 Å². The van der Waals surface area contributed by atoms with Crippen molar-refractivity contribution in [2.75, 3.05) is 7.05 Å². The summed E-state index contributed by atoms with van der Waals surface area (Å²) in [5, 5.41) is 9.05. The SMILES string of the molecule is CN(C(=O)c1ccnc(Br)c1)C(C)(C)C(=O)O. The van der Waals surface area contributed by atoms with Crippen LogP contribution in [0.3, 0.4) is 0 Å². The number of aromatic nitrogens is 1. The Bertz CT molecular complexity index is 460. The van der Waals surface area contributed by atoms with Gasteiger partial charge in [0.15, 0.2) is 0 Å². The van der Waals surface area contributed by atoms with E-state index >= 15 is 0 Å². The van der Waals surface area contributed by atoms with Crippen LogP contribution in [0.5, 0.6) is 0 Å². The summed E-state index contributed by atoms with van der Waals surface area (Å²) in [6.07, 6.45) is 1.49. The van der Waals surface area contributed by atoms with Gasteiger partial charge in [0.05, 0.1) is 0 Å². The molecule has 92 valence electrons. The monoisotopic (exact) mass is 300 g/mol. The van der Waals surface area contributed by atoms with E-state index in [4.69, 9.17) is 5.11 Å². The number of nitrogens with zero attached hydrogens (tertiary/aromatic N) is 2. The number of hydrogen-bond acceptors (Lipinski definition) is 3. The molecule has 1 aromatic rings.